The van der Waals surface area contributed by atoms with Gasteiger partial charge < -0.3 is 10.3 Å². The second kappa shape index (κ2) is 4.32. The average Bonchev–Trinajstić information content (AvgIpc) is 2.47. The Morgan fingerprint density at radius 2 is 2.46 bits per heavy atom. The molecule has 0 atom stereocenters. The zero-order valence-electron chi connectivity index (χ0n) is 7.82. The number of aromatic nitrogens is 2. The van der Waals surface area contributed by atoms with Crippen molar-refractivity contribution in [2.75, 3.05) is 0 Å². The van der Waals surface area contributed by atoms with Gasteiger partial charge in [-0.2, -0.15) is 0 Å². The van der Waals surface area contributed by atoms with Gasteiger partial charge in [0.25, 0.3) is 0 Å². The third kappa shape index (κ3) is 2.77. The molecule has 0 aromatic carbocycles. The van der Waals surface area contributed by atoms with Crippen molar-refractivity contribution in [1.82, 2.24) is 9.55 Å². The molecule has 0 saturated heterocycles. The van der Waals surface area contributed by atoms with Crippen LogP contribution in [-0.4, -0.2) is 14.7 Å². The highest BCUT2D eigenvalue weighted by Crippen LogP contribution is 2.14. The normalized spacial score (nSPS) is 10.7. The predicted octanol–water partition coefficient (Wildman–Crippen LogP) is 1.59. The molecule has 0 fully saturated rings. The Labute approximate surface area is 82.0 Å². The van der Waals surface area contributed by atoms with Crippen molar-refractivity contribution in [3.05, 3.63) is 18.2 Å². The van der Waals surface area contributed by atoms with Gasteiger partial charge in [-0.1, -0.05) is 11.8 Å². The molecule has 0 spiro atoms. The maximum absolute atomic E-state index is 7.09. The summed E-state index contributed by atoms with van der Waals surface area (Å²) in [5, 5.41) is 7.24. The van der Waals surface area contributed by atoms with Crippen LogP contribution in [0.15, 0.2) is 12.5 Å². The highest BCUT2D eigenvalue weighted by atomic mass is 32.2. The zero-order valence-corrected chi connectivity index (χ0v) is 8.64. The van der Waals surface area contributed by atoms with Crippen LogP contribution in [-0.2, 0) is 5.75 Å². The molecule has 0 aliphatic rings. The first-order valence-electron chi connectivity index (χ1n) is 4.08. The maximum atomic E-state index is 7.09. The van der Waals surface area contributed by atoms with E-state index in [9.17, 15) is 0 Å². The van der Waals surface area contributed by atoms with E-state index in [0.29, 0.717) is 11.8 Å². The second-order valence-electron chi connectivity index (χ2n) is 3.04. The van der Waals surface area contributed by atoms with Crippen LogP contribution in [0.2, 0.25) is 0 Å². The predicted molar refractivity (Wildman–Crippen MR) is 55.8 cm³/mol. The molecule has 0 amide bonds. The molecule has 0 saturated carbocycles. The Balaban J connectivity index is 2.65. The molecule has 0 aliphatic carbocycles. The van der Waals surface area contributed by atoms with Crippen molar-refractivity contribution in [2.45, 2.75) is 25.6 Å². The monoisotopic (exact) mass is 198 g/mol. The topological polar surface area (TPSA) is 67.7 Å². The molecule has 0 unspecified atom stereocenters. The highest BCUT2D eigenvalue weighted by molar-refractivity contribution is 8.13. The summed E-state index contributed by atoms with van der Waals surface area (Å²) in [7, 11) is 0. The van der Waals surface area contributed by atoms with E-state index in [0.717, 1.165) is 5.69 Å². The smallest absolute Gasteiger partial charge is 0.151 e. The van der Waals surface area contributed by atoms with Gasteiger partial charge in [-0.15, -0.1) is 0 Å². The van der Waals surface area contributed by atoms with E-state index in [1.807, 2.05) is 6.20 Å². The SMILES string of the molecule is CC(C)n1cncc1CSC(=N)N. The van der Waals surface area contributed by atoms with Crippen molar-refractivity contribution in [2.24, 2.45) is 5.73 Å². The Hall–Kier alpha value is -0.970. The summed E-state index contributed by atoms with van der Waals surface area (Å²) < 4.78 is 2.08. The molecule has 5 heteroatoms. The van der Waals surface area contributed by atoms with Gasteiger partial charge >= 0.3 is 0 Å². The average molecular weight is 198 g/mol. The molecule has 0 bridgehead atoms. The number of nitrogens with two attached hydrogens (primary N) is 1. The first-order valence-corrected chi connectivity index (χ1v) is 5.07. The number of hydrogen-bond acceptors (Lipinski definition) is 3. The number of nitrogens with zero attached hydrogens (tertiary/aromatic N) is 2. The molecule has 0 radical (unpaired) electrons. The number of thioether (sulfide) groups is 1. The molecule has 1 rings (SSSR count). The van der Waals surface area contributed by atoms with Crippen LogP contribution in [0.4, 0.5) is 0 Å². The first kappa shape index (κ1) is 10.1. The van der Waals surface area contributed by atoms with E-state index in [1.165, 1.54) is 11.8 Å². The third-order valence-corrected chi connectivity index (χ3v) is 2.43. The molecular formula is C8H14N4S. The van der Waals surface area contributed by atoms with Crippen molar-refractivity contribution >= 4 is 16.9 Å². The molecule has 1 aromatic rings. The third-order valence-electron chi connectivity index (χ3n) is 1.68. The highest BCUT2D eigenvalue weighted by Gasteiger charge is 2.05. The molecule has 3 N–H and O–H groups in total. The molecule has 4 nitrogen and oxygen atoms in total. The fourth-order valence-electron chi connectivity index (χ4n) is 1.06. The number of rotatable bonds is 3. The largest absolute Gasteiger partial charge is 0.379 e. The van der Waals surface area contributed by atoms with Gasteiger partial charge in [0.1, 0.15) is 0 Å². The summed E-state index contributed by atoms with van der Waals surface area (Å²) in [6, 6.07) is 0.407. The van der Waals surface area contributed by atoms with E-state index < -0.39 is 0 Å². The lowest BCUT2D eigenvalue weighted by Crippen LogP contribution is -2.07. The van der Waals surface area contributed by atoms with Crippen LogP contribution in [0.5, 0.6) is 0 Å². The standard InChI is InChI=1S/C8H14N4S/c1-6(2)12-5-11-3-7(12)4-13-8(9)10/h3,5-6H,4H2,1-2H3,(H3,9,10). The van der Waals surface area contributed by atoms with Crippen LogP contribution < -0.4 is 5.73 Å². The van der Waals surface area contributed by atoms with Crippen molar-refractivity contribution in [3.63, 3.8) is 0 Å². The molecule has 1 aromatic heterocycles. The molecular weight excluding hydrogens is 184 g/mol. The number of imidazole rings is 1. The molecule has 1 heterocycles. The lowest BCUT2D eigenvalue weighted by molar-refractivity contribution is 0.584. The zero-order chi connectivity index (χ0) is 9.84. The van der Waals surface area contributed by atoms with Gasteiger partial charge in [0.2, 0.25) is 0 Å². The van der Waals surface area contributed by atoms with Crippen molar-refractivity contribution in [3.8, 4) is 0 Å². The van der Waals surface area contributed by atoms with Gasteiger partial charge in [-0.25, -0.2) is 4.98 Å². The number of hydrogen-bond donors (Lipinski definition) is 2. The minimum atomic E-state index is 0.150. The van der Waals surface area contributed by atoms with Crippen molar-refractivity contribution < 1.29 is 0 Å². The van der Waals surface area contributed by atoms with Crippen LogP contribution in [0.1, 0.15) is 25.6 Å². The maximum Gasteiger partial charge on any atom is 0.151 e. The lowest BCUT2D eigenvalue weighted by atomic mass is 10.4. The minimum absolute atomic E-state index is 0.150. The summed E-state index contributed by atoms with van der Waals surface area (Å²) in [6.45, 7) is 4.20. The van der Waals surface area contributed by atoms with E-state index in [1.54, 1.807) is 6.33 Å². The Morgan fingerprint density at radius 1 is 1.77 bits per heavy atom. The molecule has 0 aliphatic heterocycles. The van der Waals surface area contributed by atoms with E-state index in [4.69, 9.17) is 11.1 Å². The van der Waals surface area contributed by atoms with Gasteiger partial charge in [0.05, 0.1) is 6.33 Å². The summed E-state index contributed by atoms with van der Waals surface area (Å²) in [5.41, 5.74) is 6.36. The van der Waals surface area contributed by atoms with E-state index >= 15 is 0 Å². The fraction of sp³-hybridized carbons (Fsp3) is 0.500. The lowest BCUT2D eigenvalue weighted by Gasteiger charge is -2.10. The van der Waals surface area contributed by atoms with Crippen molar-refractivity contribution in [1.29, 1.82) is 5.41 Å². The Bertz CT molecular complexity index is 292. The van der Waals surface area contributed by atoms with Crippen LogP contribution in [0, 0.1) is 5.41 Å². The van der Waals surface area contributed by atoms with Crippen LogP contribution in [0.3, 0.4) is 0 Å². The van der Waals surface area contributed by atoms with Crippen LogP contribution >= 0.6 is 11.8 Å². The summed E-state index contributed by atoms with van der Waals surface area (Å²) >= 11 is 1.32. The fourth-order valence-corrected chi connectivity index (χ4v) is 1.59. The van der Waals surface area contributed by atoms with E-state index in [2.05, 4.69) is 23.4 Å². The van der Waals surface area contributed by atoms with Gasteiger partial charge in [-0.05, 0) is 13.8 Å². The Kier molecular flexibility index (Phi) is 3.36. The molecule has 13 heavy (non-hydrogen) atoms. The summed E-state index contributed by atoms with van der Waals surface area (Å²) in [5.74, 6) is 0.716. The Morgan fingerprint density at radius 3 is 3.00 bits per heavy atom. The quantitative estimate of drug-likeness (QED) is 0.572. The number of amidine groups is 1. The summed E-state index contributed by atoms with van der Waals surface area (Å²) in [4.78, 5) is 4.06. The first-order chi connectivity index (χ1) is 6.11. The van der Waals surface area contributed by atoms with Gasteiger partial charge in [-0.3, -0.25) is 5.41 Å². The van der Waals surface area contributed by atoms with Gasteiger partial charge in [0.15, 0.2) is 5.17 Å². The second-order valence-corrected chi connectivity index (χ2v) is 4.06. The summed E-state index contributed by atoms with van der Waals surface area (Å²) in [6.07, 6.45) is 3.62. The minimum Gasteiger partial charge on any atom is -0.379 e. The van der Waals surface area contributed by atoms with Crippen LogP contribution in [0.25, 0.3) is 0 Å². The number of nitrogens with one attached hydrogen (secondary N) is 1. The van der Waals surface area contributed by atoms with Gasteiger partial charge in [0, 0.05) is 23.7 Å². The molecule has 72 valence electrons. The van der Waals surface area contributed by atoms with E-state index in [-0.39, 0.29) is 5.17 Å².